The average Bonchev–Trinajstić information content (AvgIpc) is 3.38. The third kappa shape index (κ3) is 4.44. The fourth-order valence-electron chi connectivity index (χ4n) is 16.0. The van der Waals surface area contributed by atoms with Crippen LogP contribution in [0.2, 0.25) is 0 Å². The number of fused-ring (bicyclic) bond motifs is 7. The number of ether oxygens (including phenoxy) is 2. The van der Waals surface area contributed by atoms with Gasteiger partial charge in [0.05, 0.1) is 0 Å². The van der Waals surface area contributed by atoms with Crippen LogP contribution in [-0.4, -0.2) is 35.7 Å². The fourth-order valence-corrected chi connectivity index (χ4v) is 16.0. The number of hydrogen-bond donors (Lipinski definition) is 0. The van der Waals surface area contributed by atoms with Gasteiger partial charge in [0.1, 0.15) is 23.8 Å². The van der Waals surface area contributed by atoms with Gasteiger partial charge in [-0.25, -0.2) is 9.59 Å². The summed E-state index contributed by atoms with van der Waals surface area (Å²) < 4.78 is 11.8. The standard InChI is InChI=1S/C44H60O6/c1-25(45)32-10-12-34-31-8-6-27-22-29(14-17-40(27,3)35(31)16-18-41(32,34)4)49-38(47)39(48)50-30-15-19-43-24-44(43)21-20-42(5)33(26(2)46)11-13-36(42)37(44)9-7-28(43)23-30/h6-7,29-37H,8-24H2,1-5H3. The largest absolute Gasteiger partial charge is 0.454 e. The molecule has 0 bridgehead atoms. The summed E-state index contributed by atoms with van der Waals surface area (Å²) in [6.07, 6.45) is 22.0. The quantitative estimate of drug-likeness (QED) is 0.167. The molecule has 0 aromatic rings. The molecular weight excluding hydrogens is 624 g/mol. The summed E-state index contributed by atoms with van der Waals surface area (Å²) >= 11 is 0. The number of allylic oxidation sites excluding steroid dienone is 2. The molecule has 14 unspecified atom stereocenters. The summed E-state index contributed by atoms with van der Waals surface area (Å²) in [5.74, 6) is 2.75. The second-order valence-corrected chi connectivity index (χ2v) is 19.9. The molecule has 7 fully saturated rings. The Labute approximate surface area is 299 Å². The predicted molar refractivity (Wildman–Crippen MR) is 189 cm³/mol. The van der Waals surface area contributed by atoms with E-state index in [1.165, 1.54) is 43.3 Å². The van der Waals surface area contributed by atoms with Gasteiger partial charge < -0.3 is 9.47 Å². The van der Waals surface area contributed by atoms with Gasteiger partial charge >= 0.3 is 11.9 Å². The van der Waals surface area contributed by atoms with Crippen molar-refractivity contribution in [2.45, 2.75) is 156 Å². The van der Waals surface area contributed by atoms with Gasteiger partial charge in [0.15, 0.2) is 0 Å². The maximum Gasteiger partial charge on any atom is 0.417 e. The van der Waals surface area contributed by atoms with Crippen LogP contribution in [0.25, 0.3) is 0 Å². The van der Waals surface area contributed by atoms with E-state index >= 15 is 0 Å². The summed E-state index contributed by atoms with van der Waals surface area (Å²) in [6, 6.07) is 0. The molecule has 0 amide bonds. The first-order valence-corrected chi connectivity index (χ1v) is 20.6. The lowest BCUT2D eigenvalue weighted by molar-refractivity contribution is -0.176. The Balaban J connectivity index is 0.811. The SMILES string of the molecule is CC(=O)C1CCC2C3CC=C4CC(OC(=O)C(=O)OC5CCC67CC68CCC6(C)C(C(C)=O)CCC6C8CC=C7C5)CCC4(C)C3CCC12C. The van der Waals surface area contributed by atoms with Crippen LogP contribution in [0.4, 0.5) is 0 Å². The van der Waals surface area contributed by atoms with Crippen molar-refractivity contribution in [2.75, 3.05) is 0 Å². The molecule has 0 aromatic heterocycles. The first kappa shape index (κ1) is 33.6. The Morgan fingerprint density at radius 1 is 0.600 bits per heavy atom. The highest BCUT2D eigenvalue weighted by Crippen LogP contribution is 2.84. The maximum absolute atomic E-state index is 13.2. The van der Waals surface area contributed by atoms with Crippen LogP contribution in [0.1, 0.15) is 144 Å². The highest BCUT2D eigenvalue weighted by Gasteiger charge is 2.77. The van der Waals surface area contributed by atoms with Gasteiger partial charge in [0.25, 0.3) is 0 Å². The third-order valence-corrected chi connectivity index (χ3v) is 18.5. The van der Waals surface area contributed by atoms with Crippen molar-refractivity contribution in [1.82, 2.24) is 0 Å². The number of carbonyl (C=O) groups is 4. The molecule has 0 saturated heterocycles. The molecule has 272 valence electrons. The van der Waals surface area contributed by atoms with Crippen LogP contribution >= 0.6 is 0 Å². The van der Waals surface area contributed by atoms with Crippen LogP contribution in [-0.2, 0) is 28.7 Å². The van der Waals surface area contributed by atoms with Crippen LogP contribution < -0.4 is 0 Å². The van der Waals surface area contributed by atoms with Crippen LogP contribution in [0.5, 0.6) is 0 Å². The number of hydrogen-bond acceptors (Lipinski definition) is 6. The summed E-state index contributed by atoms with van der Waals surface area (Å²) in [7, 11) is 0. The van der Waals surface area contributed by atoms with Crippen molar-refractivity contribution in [1.29, 1.82) is 0 Å². The summed E-state index contributed by atoms with van der Waals surface area (Å²) in [6.45, 7) is 10.8. The van der Waals surface area contributed by atoms with E-state index in [-0.39, 0.29) is 45.7 Å². The van der Waals surface area contributed by atoms with Gasteiger partial charge in [-0.3, -0.25) is 9.59 Å². The fraction of sp³-hybridized carbons (Fsp3) is 0.818. The number of ketones is 2. The normalized spacial score (nSPS) is 51.1. The number of carbonyl (C=O) groups excluding carboxylic acids is 4. The Morgan fingerprint density at radius 3 is 1.88 bits per heavy atom. The second-order valence-electron chi connectivity index (χ2n) is 19.9. The van der Waals surface area contributed by atoms with E-state index in [1.54, 1.807) is 13.8 Å². The highest BCUT2D eigenvalue weighted by atomic mass is 16.6. The van der Waals surface area contributed by atoms with Crippen molar-refractivity contribution in [2.24, 2.45) is 68.5 Å². The van der Waals surface area contributed by atoms with Crippen molar-refractivity contribution in [3.8, 4) is 0 Å². The topological polar surface area (TPSA) is 86.7 Å². The molecule has 6 heteroatoms. The average molecular weight is 685 g/mol. The zero-order valence-corrected chi connectivity index (χ0v) is 31.3. The van der Waals surface area contributed by atoms with Crippen molar-refractivity contribution in [3.63, 3.8) is 0 Å². The number of rotatable bonds is 4. The summed E-state index contributed by atoms with van der Waals surface area (Å²) in [5.41, 5.74) is 3.92. The zero-order valence-electron chi connectivity index (χ0n) is 31.3. The van der Waals surface area contributed by atoms with Gasteiger partial charge in [-0.15, -0.1) is 0 Å². The molecule has 0 aliphatic heterocycles. The number of esters is 2. The lowest BCUT2D eigenvalue weighted by Crippen LogP contribution is -2.51. The molecule has 7 saturated carbocycles. The molecule has 9 rings (SSSR count). The maximum atomic E-state index is 13.2. The lowest BCUT2D eigenvalue weighted by atomic mass is 9.47. The first-order valence-electron chi connectivity index (χ1n) is 20.6. The molecule has 9 aliphatic carbocycles. The molecule has 9 aliphatic rings. The minimum atomic E-state index is -0.823. The van der Waals surface area contributed by atoms with Crippen molar-refractivity contribution < 1.29 is 28.7 Å². The molecule has 6 nitrogen and oxygen atoms in total. The molecular formula is C44H60O6. The van der Waals surface area contributed by atoms with Crippen LogP contribution in [0, 0.1) is 68.5 Å². The van der Waals surface area contributed by atoms with Crippen molar-refractivity contribution in [3.05, 3.63) is 23.3 Å². The van der Waals surface area contributed by atoms with Crippen LogP contribution in [0.3, 0.4) is 0 Å². The molecule has 0 aromatic carbocycles. The minimum Gasteiger partial charge on any atom is -0.454 e. The van der Waals surface area contributed by atoms with E-state index in [4.69, 9.17) is 9.47 Å². The van der Waals surface area contributed by atoms with Gasteiger partial charge in [-0.05, 0) is 167 Å². The van der Waals surface area contributed by atoms with E-state index in [0.717, 1.165) is 70.6 Å². The van der Waals surface area contributed by atoms with E-state index in [9.17, 15) is 19.2 Å². The molecule has 0 N–H and O–H groups in total. The Hall–Kier alpha value is -2.24. The van der Waals surface area contributed by atoms with Gasteiger partial charge in [0.2, 0.25) is 0 Å². The highest BCUT2D eigenvalue weighted by molar-refractivity contribution is 6.29. The first-order chi connectivity index (χ1) is 23.8. The monoisotopic (exact) mass is 684 g/mol. The van der Waals surface area contributed by atoms with E-state index < -0.39 is 11.9 Å². The van der Waals surface area contributed by atoms with Crippen molar-refractivity contribution >= 4 is 23.5 Å². The van der Waals surface area contributed by atoms with Gasteiger partial charge in [-0.2, -0.15) is 0 Å². The van der Waals surface area contributed by atoms with Crippen LogP contribution in [0.15, 0.2) is 23.3 Å². The smallest absolute Gasteiger partial charge is 0.417 e. The molecule has 0 heterocycles. The zero-order chi connectivity index (χ0) is 35.0. The Kier molecular flexibility index (Phi) is 7.48. The molecule has 14 atom stereocenters. The second kappa shape index (κ2) is 11.1. The van der Waals surface area contributed by atoms with E-state index in [1.807, 2.05) is 0 Å². The van der Waals surface area contributed by atoms with E-state index in [2.05, 4.69) is 32.9 Å². The van der Waals surface area contributed by atoms with Gasteiger partial charge in [-0.1, -0.05) is 44.1 Å². The third-order valence-electron chi connectivity index (χ3n) is 18.5. The van der Waals surface area contributed by atoms with E-state index in [0.29, 0.717) is 53.0 Å². The number of Topliss-reactive ketones (excluding diaryl/α,β-unsaturated/α-hetero) is 2. The van der Waals surface area contributed by atoms with Gasteiger partial charge in [0, 0.05) is 24.7 Å². The summed E-state index contributed by atoms with van der Waals surface area (Å²) in [5, 5.41) is 0. The predicted octanol–water partition coefficient (Wildman–Crippen LogP) is 8.90. The summed E-state index contributed by atoms with van der Waals surface area (Å²) in [4.78, 5) is 51.4. The Bertz CT molecular complexity index is 1550. The molecule has 50 heavy (non-hydrogen) atoms. The minimum absolute atomic E-state index is 0.108. The lowest BCUT2D eigenvalue weighted by Gasteiger charge is -2.58. The Morgan fingerprint density at radius 2 is 1.20 bits per heavy atom. The molecule has 2 spiro atoms. The molecule has 0 radical (unpaired) electrons.